The average Bonchev–Trinajstić information content (AvgIpc) is 2.84. The van der Waals surface area contributed by atoms with Crippen LogP contribution in [0.1, 0.15) is 56.3 Å². The van der Waals surface area contributed by atoms with Gasteiger partial charge in [-0.15, -0.1) is 0 Å². The van der Waals surface area contributed by atoms with E-state index in [4.69, 9.17) is 0 Å². The number of carbonyl (C=O) groups is 2. The molecule has 1 aliphatic carbocycles. The summed E-state index contributed by atoms with van der Waals surface area (Å²) in [7, 11) is 0. The van der Waals surface area contributed by atoms with Crippen molar-refractivity contribution in [2.45, 2.75) is 51.6 Å². The summed E-state index contributed by atoms with van der Waals surface area (Å²) in [5.41, 5.74) is 0.184. The van der Waals surface area contributed by atoms with E-state index in [2.05, 4.69) is 5.32 Å². The van der Waals surface area contributed by atoms with Gasteiger partial charge in [0, 0.05) is 11.5 Å². The van der Waals surface area contributed by atoms with Crippen LogP contribution in [-0.4, -0.2) is 22.4 Å². The molecule has 0 bridgehead atoms. The van der Waals surface area contributed by atoms with Crippen molar-refractivity contribution < 1.29 is 14.7 Å². The molecule has 114 valence electrons. The fraction of sp³-hybridized carbons (Fsp3) is 0.529. The second kappa shape index (κ2) is 6.39. The first-order valence-corrected chi connectivity index (χ1v) is 7.57. The zero-order valence-corrected chi connectivity index (χ0v) is 12.7. The van der Waals surface area contributed by atoms with E-state index in [1.807, 2.05) is 13.8 Å². The molecule has 0 aliphatic heterocycles. The van der Waals surface area contributed by atoms with Crippen molar-refractivity contribution in [3.8, 4) is 0 Å². The molecule has 1 fully saturated rings. The minimum Gasteiger partial charge on any atom is -0.389 e. The lowest BCUT2D eigenvalue weighted by atomic mass is 9.96. The monoisotopic (exact) mass is 289 g/mol. The van der Waals surface area contributed by atoms with Crippen LogP contribution in [0.25, 0.3) is 0 Å². The number of rotatable bonds is 5. The van der Waals surface area contributed by atoms with Crippen LogP contribution in [0.3, 0.4) is 0 Å². The van der Waals surface area contributed by atoms with Crippen molar-refractivity contribution >= 4 is 17.4 Å². The molecule has 1 aromatic carbocycles. The number of Topliss-reactive ketones (excluding diaryl/α,β-unsaturated/α-hetero) is 1. The molecule has 4 heteroatoms. The number of nitrogens with one attached hydrogen (secondary N) is 1. The van der Waals surface area contributed by atoms with Crippen LogP contribution in [0, 0.1) is 5.92 Å². The molecule has 1 saturated carbocycles. The Bertz CT molecular complexity index is 531. The van der Waals surface area contributed by atoms with Gasteiger partial charge in [-0.2, -0.15) is 0 Å². The Morgan fingerprint density at radius 2 is 1.86 bits per heavy atom. The SMILES string of the molecule is CC(C)C(=O)c1ccccc1NC(=O)CC1(O)CCCC1. The lowest BCUT2D eigenvalue weighted by Crippen LogP contribution is -2.31. The predicted molar refractivity (Wildman–Crippen MR) is 82.3 cm³/mol. The van der Waals surface area contributed by atoms with Crippen LogP contribution in [0.4, 0.5) is 5.69 Å². The van der Waals surface area contributed by atoms with Crippen LogP contribution >= 0.6 is 0 Å². The van der Waals surface area contributed by atoms with E-state index in [0.29, 0.717) is 24.1 Å². The Hall–Kier alpha value is -1.68. The molecule has 0 aromatic heterocycles. The molecule has 0 saturated heterocycles. The van der Waals surface area contributed by atoms with Gasteiger partial charge in [0.2, 0.25) is 5.91 Å². The standard InChI is InChI=1S/C17H23NO3/c1-12(2)16(20)13-7-3-4-8-14(13)18-15(19)11-17(21)9-5-6-10-17/h3-4,7-8,12,21H,5-6,9-11H2,1-2H3,(H,18,19). The predicted octanol–water partition coefficient (Wildman–Crippen LogP) is 3.16. The van der Waals surface area contributed by atoms with Gasteiger partial charge in [-0.3, -0.25) is 9.59 Å². The first-order valence-electron chi connectivity index (χ1n) is 7.57. The maximum Gasteiger partial charge on any atom is 0.227 e. The van der Waals surface area contributed by atoms with Crippen molar-refractivity contribution in [3.63, 3.8) is 0 Å². The zero-order valence-electron chi connectivity index (χ0n) is 12.7. The van der Waals surface area contributed by atoms with Gasteiger partial charge in [0.15, 0.2) is 5.78 Å². The van der Waals surface area contributed by atoms with E-state index in [9.17, 15) is 14.7 Å². The molecule has 1 aliphatic rings. The van der Waals surface area contributed by atoms with Gasteiger partial charge in [-0.25, -0.2) is 0 Å². The minimum absolute atomic E-state index is 0.00507. The average molecular weight is 289 g/mol. The summed E-state index contributed by atoms with van der Waals surface area (Å²) in [5.74, 6) is -0.351. The quantitative estimate of drug-likeness (QED) is 0.818. The number of hydrogen-bond acceptors (Lipinski definition) is 3. The Kier molecular flexibility index (Phi) is 4.78. The molecule has 1 amide bonds. The maximum atomic E-state index is 12.2. The number of ketones is 1. The summed E-state index contributed by atoms with van der Waals surface area (Å²) in [6, 6.07) is 7.03. The molecule has 0 spiro atoms. The lowest BCUT2D eigenvalue weighted by molar-refractivity contribution is -0.120. The second-order valence-corrected chi connectivity index (χ2v) is 6.22. The van der Waals surface area contributed by atoms with Crippen LogP contribution in [-0.2, 0) is 4.79 Å². The number of benzene rings is 1. The smallest absolute Gasteiger partial charge is 0.227 e. The first-order chi connectivity index (χ1) is 9.91. The molecule has 0 unspecified atom stereocenters. The molecule has 0 radical (unpaired) electrons. The van der Waals surface area contributed by atoms with Gasteiger partial charge in [-0.1, -0.05) is 38.8 Å². The highest BCUT2D eigenvalue weighted by atomic mass is 16.3. The van der Waals surface area contributed by atoms with Gasteiger partial charge in [0.25, 0.3) is 0 Å². The van der Waals surface area contributed by atoms with Crippen LogP contribution < -0.4 is 5.32 Å². The number of aliphatic hydroxyl groups is 1. The Labute approximate surface area is 125 Å². The third-order valence-electron chi connectivity index (χ3n) is 4.01. The number of amides is 1. The molecular formula is C17H23NO3. The van der Waals surface area contributed by atoms with Gasteiger partial charge >= 0.3 is 0 Å². The molecule has 2 rings (SSSR count). The third-order valence-corrected chi connectivity index (χ3v) is 4.01. The van der Waals surface area contributed by atoms with Crippen molar-refractivity contribution in [2.24, 2.45) is 5.92 Å². The number of para-hydroxylation sites is 1. The summed E-state index contributed by atoms with van der Waals surface area (Å²) in [6.45, 7) is 3.67. The topological polar surface area (TPSA) is 66.4 Å². The van der Waals surface area contributed by atoms with E-state index in [1.165, 1.54) is 0 Å². The van der Waals surface area contributed by atoms with Gasteiger partial charge in [0.05, 0.1) is 17.7 Å². The second-order valence-electron chi connectivity index (χ2n) is 6.22. The van der Waals surface area contributed by atoms with Crippen LogP contribution in [0.2, 0.25) is 0 Å². The fourth-order valence-corrected chi connectivity index (χ4v) is 2.82. The van der Waals surface area contributed by atoms with E-state index in [-0.39, 0.29) is 24.0 Å². The summed E-state index contributed by atoms with van der Waals surface area (Å²) in [6.07, 6.45) is 3.37. The molecule has 1 aromatic rings. The largest absolute Gasteiger partial charge is 0.389 e. The van der Waals surface area contributed by atoms with Crippen molar-refractivity contribution in [2.75, 3.05) is 5.32 Å². The Morgan fingerprint density at radius 3 is 2.48 bits per heavy atom. The van der Waals surface area contributed by atoms with Crippen LogP contribution in [0.5, 0.6) is 0 Å². The van der Waals surface area contributed by atoms with E-state index in [1.54, 1.807) is 24.3 Å². The highest BCUT2D eigenvalue weighted by molar-refractivity contribution is 6.05. The van der Waals surface area contributed by atoms with Gasteiger partial charge < -0.3 is 10.4 Å². The fourth-order valence-electron chi connectivity index (χ4n) is 2.82. The van der Waals surface area contributed by atoms with E-state index < -0.39 is 5.60 Å². The highest BCUT2D eigenvalue weighted by Crippen LogP contribution is 2.32. The minimum atomic E-state index is -0.874. The Morgan fingerprint density at radius 1 is 1.24 bits per heavy atom. The summed E-state index contributed by atoms with van der Waals surface area (Å²) >= 11 is 0. The van der Waals surface area contributed by atoms with Crippen molar-refractivity contribution in [3.05, 3.63) is 29.8 Å². The summed E-state index contributed by atoms with van der Waals surface area (Å²) < 4.78 is 0. The molecule has 21 heavy (non-hydrogen) atoms. The van der Waals surface area contributed by atoms with Gasteiger partial charge in [-0.05, 0) is 25.0 Å². The van der Waals surface area contributed by atoms with Crippen molar-refractivity contribution in [1.29, 1.82) is 0 Å². The molecular weight excluding hydrogens is 266 g/mol. The summed E-state index contributed by atoms with van der Waals surface area (Å²) in [5, 5.41) is 13.1. The summed E-state index contributed by atoms with van der Waals surface area (Å²) in [4.78, 5) is 24.3. The normalized spacial score (nSPS) is 17.0. The molecule has 0 atom stereocenters. The van der Waals surface area contributed by atoms with Gasteiger partial charge in [0.1, 0.15) is 0 Å². The number of hydrogen-bond donors (Lipinski definition) is 2. The third kappa shape index (κ3) is 3.91. The number of carbonyl (C=O) groups excluding carboxylic acids is 2. The Balaban J connectivity index is 2.09. The maximum absolute atomic E-state index is 12.2. The van der Waals surface area contributed by atoms with Crippen LogP contribution in [0.15, 0.2) is 24.3 Å². The molecule has 4 nitrogen and oxygen atoms in total. The van der Waals surface area contributed by atoms with E-state index >= 15 is 0 Å². The van der Waals surface area contributed by atoms with E-state index in [0.717, 1.165) is 12.8 Å². The van der Waals surface area contributed by atoms with Crippen molar-refractivity contribution in [1.82, 2.24) is 0 Å². The lowest BCUT2D eigenvalue weighted by Gasteiger charge is -2.21. The molecule has 0 heterocycles. The number of anilines is 1. The highest BCUT2D eigenvalue weighted by Gasteiger charge is 2.33. The first kappa shape index (κ1) is 15.7. The molecule has 2 N–H and O–H groups in total. The zero-order chi connectivity index (χ0) is 15.5.